The molecular weight excluding hydrogens is 426 g/mol. The van der Waals surface area contributed by atoms with E-state index in [0.717, 1.165) is 0 Å². The summed E-state index contributed by atoms with van der Waals surface area (Å²) >= 11 is 0. The maximum atomic E-state index is 12.3. The fourth-order valence-electron chi connectivity index (χ4n) is 3.32. The van der Waals surface area contributed by atoms with E-state index in [0.29, 0.717) is 28.6 Å². The zero-order valence-corrected chi connectivity index (χ0v) is 17.7. The third kappa shape index (κ3) is 4.37. The summed E-state index contributed by atoms with van der Waals surface area (Å²) in [6, 6.07) is 10.2. The van der Waals surface area contributed by atoms with Crippen LogP contribution in [0, 0.1) is 0 Å². The van der Waals surface area contributed by atoms with Crippen LogP contribution in [0.1, 0.15) is 33.1 Å². The molecule has 0 fully saturated rings. The minimum atomic E-state index is -0.888. The van der Waals surface area contributed by atoms with Gasteiger partial charge in [-0.05, 0) is 23.3 Å². The maximum absolute atomic E-state index is 12.3. The Morgan fingerprint density at radius 2 is 1.61 bits per heavy atom. The normalized spacial score (nSPS) is 10.8. The molecule has 11 heteroatoms. The lowest BCUT2D eigenvalue weighted by molar-refractivity contribution is 0.0995. The van der Waals surface area contributed by atoms with Gasteiger partial charge in [0.25, 0.3) is 5.91 Å². The number of carbonyl (C=O) groups is 1. The van der Waals surface area contributed by atoms with Gasteiger partial charge in [0.15, 0.2) is 5.82 Å². The van der Waals surface area contributed by atoms with E-state index in [1.165, 1.54) is 20.4 Å². The van der Waals surface area contributed by atoms with Gasteiger partial charge in [0.05, 0.1) is 25.8 Å². The van der Waals surface area contributed by atoms with Crippen molar-refractivity contribution >= 4 is 5.91 Å². The number of aromatic hydroxyl groups is 1. The van der Waals surface area contributed by atoms with Gasteiger partial charge in [0.1, 0.15) is 11.3 Å². The molecule has 0 aromatic carbocycles. The van der Waals surface area contributed by atoms with Crippen molar-refractivity contribution in [3.05, 3.63) is 77.4 Å². The van der Waals surface area contributed by atoms with Crippen LogP contribution in [-0.4, -0.2) is 55.4 Å². The van der Waals surface area contributed by atoms with E-state index in [4.69, 9.17) is 15.2 Å². The Kier molecular flexibility index (Phi) is 6.02. The zero-order valence-electron chi connectivity index (χ0n) is 17.7. The quantitative estimate of drug-likeness (QED) is 0.429. The van der Waals surface area contributed by atoms with Crippen LogP contribution >= 0.6 is 0 Å². The molecule has 33 heavy (non-hydrogen) atoms. The molecule has 4 heterocycles. The summed E-state index contributed by atoms with van der Waals surface area (Å²) < 4.78 is 10.3. The number of primary amides is 1. The van der Waals surface area contributed by atoms with Crippen LogP contribution in [0.4, 0.5) is 0 Å². The number of aromatic nitrogens is 6. The molecule has 0 aliphatic rings. The molecule has 0 atom stereocenters. The van der Waals surface area contributed by atoms with E-state index in [1.54, 1.807) is 48.8 Å². The third-order valence-electron chi connectivity index (χ3n) is 4.84. The van der Waals surface area contributed by atoms with E-state index < -0.39 is 17.7 Å². The molecule has 4 aromatic rings. The van der Waals surface area contributed by atoms with Crippen molar-refractivity contribution in [3.63, 3.8) is 0 Å². The van der Waals surface area contributed by atoms with Crippen LogP contribution < -0.4 is 15.2 Å². The Balaban J connectivity index is 1.98. The number of amides is 1. The second kappa shape index (κ2) is 9.22. The van der Waals surface area contributed by atoms with Crippen molar-refractivity contribution in [2.75, 3.05) is 14.2 Å². The highest BCUT2D eigenvalue weighted by molar-refractivity contribution is 5.96. The van der Waals surface area contributed by atoms with Crippen LogP contribution in [-0.2, 0) is 0 Å². The number of ether oxygens (including phenoxy) is 2. The molecule has 4 rings (SSSR count). The standard InChI is InChI=1S/C22H19N7O4/c1-32-15-7-5-12(10-24-15)17(13-6-8-16(33-2)25-11-13)19-18(20(23)30)22(31)28-21(27-19)14-4-3-9-26-29-14/h3-11,17H,1-2H3,(H2,23,30)(H,27,28,31). The summed E-state index contributed by atoms with van der Waals surface area (Å²) in [6.45, 7) is 0. The summed E-state index contributed by atoms with van der Waals surface area (Å²) in [5.74, 6) is -1.25. The first-order valence-electron chi connectivity index (χ1n) is 9.70. The van der Waals surface area contributed by atoms with Crippen LogP contribution in [0.5, 0.6) is 17.6 Å². The molecule has 3 N–H and O–H groups in total. The van der Waals surface area contributed by atoms with Gasteiger partial charge in [-0.1, -0.05) is 12.1 Å². The van der Waals surface area contributed by atoms with Crippen LogP contribution in [0.2, 0.25) is 0 Å². The van der Waals surface area contributed by atoms with E-state index in [1.807, 2.05) is 0 Å². The molecule has 0 aliphatic carbocycles. The van der Waals surface area contributed by atoms with E-state index in [9.17, 15) is 9.90 Å². The van der Waals surface area contributed by atoms with E-state index >= 15 is 0 Å². The molecular formula is C22H19N7O4. The Morgan fingerprint density at radius 3 is 2.06 bits per heavy atom. The molecule has 0 bridgehead atoms. The number of nitrogens with zero attached hydrogens (tertiary/aromatic N) is 6. The molecule has 0 radical (unpaired) electrons. The van der Waals surface area contributed by atoms with Crippen molar-refractivity contribution in [2.45, 2.75) is 5.92 Å². The Labute approximate surface area is 188 Å². The summed E-state index contributed by atoms with van der Waals surface area (Å²) in [7, 11) is 3.02. The fraction of sp³-hybridized carbons (Fsp3) is 0.136. The van der Waals surface area contributed by atoms with Crippen LogP contribution in [0.3, 0.4) is 0 Å². The summed E-state index contributed by atoms with van der Waals surface area (Å²) in [5.41, 5.74) is 7.15. The molecule has 0 aliphatic heterocycles. The van der Waals surface area contributed by atoms with Gasteiger partial charge >= 0.3 is 0 Å². The molecule has 11 nitrogen and oxygen atoms in total. The van der Waals surface area contributed by atoms with Gasteiger partial charge in [-0.2, -0.15) is 10.1 Å². The molecule has 0 spiro atoms. The minimum Gasteiger partial charge on any atom is -0.493 e. The molecule has 4 aromatic heterocycles. The monoisotopic (exact) mass is 445 g/mol. The number of pyridine rings is 2. The lowest BCUT2D eigenvalue weighted by Crippen LogP contribution is -2.20. The van der Waals surface area contributed by atoms with E-state index in [-0.39, 0.29) is 17.1 Å². The minimum absolute atomic E-state index is 0.0774. The van der Waals surface area contributed by atoms with Crippen molar-refractivity contribution in [2.24, 2.45) is 5.73 Å². The van der Waals surface area contributed by atoms with Crippen molar-refractivity contribution in [1.82, 2.24) is 30.1 Å². The predicted octanol–water partition coefficient (Wildman–Crippen LogP) is 1.73. The zero-order chi connectivity index (χ0) is 23.4. The number of rotatable bonds is 7. The average molecular weight is 445 g/mol. The number of hydrogen-bond acceptors (Lipinski definition) is 10. The van der Waals surface area contributed by atoms with Crippen LogP contribution in [0.25, 0.3) is 11.5 Å². The summed E-state index contributed by atoms with van der Waals surface area (Å²) in [6.07, 6.45) is 4.66. The van der Waals surface area contributed by atoms with Crippen LogP contribution in [0.15, 0.2) is 55.0 Å². The summed E-state index contributed by atoms with van der Waals surface area (Å²) in [4.78, 5) is 29.5. The first-order chi connectivity index (χ1) is 16.0. The predicted molar refractivity (Wildman–Crippen MR) is 116 cm³/mol. The highest BCUT2D eigenvalue weighted by atomic mass is 16.5. The average Bonchev–Trinajstić information content (AvgIpc) is 2.85. The summed E-state index contributed by atoms with van der Waals surface area (Å²) in [5, 5.41) is 18.5. The van der Waals surface area contributed by atoms with Gasteiger partial charge in [0, 0.05) is 30.7 Å². The van der Waals surface area contributed by atoms with Gasteiger partial charge in [-0.3, -0.25) is 4.79 Å². The van der Waals surface area contributed by atoms with Crippen molar-refractivity contribution in [1.29, 1.82) is 0 Å². The highest BCUT2D eigenvalue weighted by Gasteiger charge is 2.29. The van der Waals surface area contributed by atoms with Gasteiger partial charge in [-0.15, -0.1) is 5.10 Å². The molecule has 0 saturated heterocycles. The number of carbonyl (C=O) groups excluding carboxylic acids is 1. The largest absolute Gasteiger partial charge is 0.493 e. The molecule has 1 amide bonds. The van der Waals surface area contributed by atoms with Gasteiger partial charge in [-0.25, -0.2) is 15.0 Å². The molecule has 0 unspecified atom stereocenters. The Morgan fingerprint density at radius 1 is 0.970 bits per heavy atom. The van der Waals surface area contributed by atoms with Crippen molar-refractivity contribution < 1.29 is 19.4 Å². The Hall–Kier alpha value is -4.67. The lowest BCUT2D eigenvalue weighted by Gasteiger charge is -2.20. The Bertz CT molecular complexity index is 1220. The lowest BCUT2D eigenvalue weighted by atomic mass is 9.87. The smallest absolute Gasteiger partial charge is 0.256 e. The SMILES string of the molecule is COc1ccc(C(c2ccc(OC)nc2)c2nc(-c3cccnn3)nc(O)c2C(N)=O)cn1. The van der Waals surface area contributed by atoms with Gasteiger partial charge in [0.2, 0.25) is 17.6 Å². The second-order valence-electron chi connectivity index (χ2n) is 6.81. The first-order valence-corrected chi connectivity index (χ1v) is 9.70. The van der Waals surface area contributed by atoms with Gasteiger partial charge < -0.3 is 20.3 Å². The first kappa shape index (κ1) is 21.6. The third-order valence-corrected chi connectivity index (χ3v) is 4.84. The molecule has 0 saturated carbocycles. The molecule has 166 valence electrons. The topological polar surface area (TPSA) is 159 Å². The fourth-order valence-corrected chi connectivity index (χ4v) is 3.32. The number of hydrogen-bond donors (Lipinski definition) is 2. The maximum Gasteiger partial charge on any atom is 0.256 e. The number of methoxy groups -OCH3 is 2. The highest BCUT2D eigenvalue weighted by Crippen LogP contribution is 2.36. The van der Waals surface area contributed by atoms with Crippen molar-refractivity contribution in [3.8, 4) is 29.2 Å². The van der Waals surface area contributed by atoms with E-state index in [2.05, 4.69) is 30.1 Å². The second-order valence-corrected chi connectivity index (χ2v) is 6.81. The number of nitrogens with two attached hydrogens (primary N) is 1.